The molecule has 28 heavy (non-hydrogen) atoms. The van der Waals surface area contributed by atoms with Crippen molar-refractivity contribution < 1.29 is 9.90 Å². The molecule has 2 aromatic carbocycles. The number of hydrogen-bond acceptors (Lipinski definition) is 2. The van der Waals surface area contributed by atoms with Crippen molar-refractivity contribution in [2.75, 3.05) is 0 Å². The number of halogens is 1. The Kier molecular flexibility index (Phi) is 6.20. The molecule has 146 valence electrons. The third-order valence-electron chi connectivity index (χ3n) is 5.00. The first kappa shape index (κ1) is 20.2. The van der Waals surface area contributed by atoms with Crippen LogP contribution in [0.2, 0.25) is 5.02 Å². The Morgan fingerprint density at radius 1 is 1.11 bits per heavy atom. The van der Waals surface area contributed by atoms with E-state index in [2.05, 4.69) is 0 Å². The Morgan fingerprint density at radius 2 is 1.82 bits per heavy atom. The molecular formula is C23H24ClNO3. The van der Waals surface area contributed by atoms with Gasteiger partial charge in [-0.3, -0.25) is 9.59 Å². The predicted molar refractivity (Wildman–Crippen MR) is 114 cm³/mol. The third kappa shape index (κ3) is 3.69. The summed E-state index contributed by atoms with van der Waals surface area (Å²) in [6, 6.07) is 15.0. The van der Waals surface area contributed by atoms with Crippen molar-refractivity contribution in [3.8, 4) is 11.1 Å². The second kappa shape index (κ2) is 8.61. The molecule has 0 aliphatic rings. The molecule has 3 rings (SSSR count). The van der Waals surface area contributed by atoms with E-state index in [1.807, 2.05) is 56.3 Å². The SMILES string of the molecule is CCC[C@H](C(=O)O)c1c(-c2ccccc2)c2cc(Cl)ccc2n(CCC)c1=O. The summed E-state index contributed by atoms with van der Waals surface area (Å²) in [5.41, 5.74) is 2.41. The summed E-state index contributed by atoms with van der Waals surface area (Å²) in [5, 5.41) is 11.3. The molecule has 1 atom stereocenters. The second-order valence-corrected chi connectivity index (χ2v) is 7.39. The summed E-state index contributed by atoms with van der Waals surface area (Å²) in [6.07, 6.45) is 1.85. The number of carbonyl (C=O) groups is 1. The van der Waals surface area contributed by atoms with Crippen molar-refractivity contribution in [2.45, 2.75) is 45.6 Å². The monoisotopic (exact) mass is 397 g/mol. The van der Waals surface area contributed by atoms with Crippen molar-refractivity contribution in [3.05, 3.63) is 69.5 Å². The number of nitrogens with zero attached hydrogens (tertiary/aromatic N) is 1. The first-order chi connectivity index (χ1) is 13.5. The summed E-state index contributed by atoms with van der Waals surface area (Å²) < 4.78 is 1.69. The summed E-state index contributed by atoms with van der Waals surface area (Å²) in [7, 11) is 0. The molecule has 0 spiro atoms. The molecule has 0 aliphatic heterocycles. The molecule has 0 radical (unpaired) electrons. The van der Waals surface area contributed by atoms with Crippen LogP contribution in [0.1, 0.15) is 44.6 Å². The predicted octanol–water partition coefficient (Wildman–Crippen LogP) is 5.70. The van der Waals surface area contributed by atoms with E-state index in [1.165, 1.54) is 0 Å². The molecule has 1 N–H and O–H groups in total. The van der Waals surface area contributed by atoms with Crippen LogP contribution in [0.5, 0.6) is 0 Å². The molecule has 5 heteroatoms. The number of aryl methyl sites for hydroxylation is 1. The average Bonchev–Trinajstić information content (AvgIpc) is 2.68. The van der Waals surface area contributed by atoms with Gasteiger partial charge < -0.3 is 9.67 Å². The van der Waals surface area contributed by atoms with E-state index in [0.29, 0.717) is 35.5 Å². The number of pyridine rings is 1. The molecule has 0 bridgehead atoms. The van der Waals surface area contributed by atoms with Crippen molar-refractivity contribution in [2.24, 2.45) is 0 Å². The zero-order valence-corrected chi connectivity index (χ0v) is 16.9. The molecule has 1 heterocycles. The average molecular weight is 398 g/mol. The lowest BCUT2D eigenvalue weighted by Gasteiger charge is -2.22. The number of fused-ring (bicyclic) bond motifs is 1. The smallest absolute Gasteiger partial charge is 0.311 e. The van der Waals surface area contributed by atoms with Gasteiger partial charge in [-0.2, -0.15) is 0 Å². The number of benzene rings is 2. The number of rotatable bonds is 7. The van der Waals surface area contributed by atoms with E-state index in [9.17, 15) is 14.7 Å². The Balaban J connectivity index is 2.53. The second-order valence-electron chi connectivity index (χ2n) is 6.95. The van der Waals surface area contributed by atoms with Gasteiger partial charge in [0.1, 0.15) is 0 Å². The van der Waals surface area contributed by atoms with Gasteiger partial charge in [-0.05, 0) is 36.6 Å². The maximum atomic E-state index is 13.5. The van der Waals surface area contributed by atoms with Crippen molar-refractivity contribution >= 4 is 28.5 Å². The highest BCUT2D eigenvalue weighted by molar-refractivity contribution is 6.31. The fourth-order valence-electron chi connectivity index (χ4n) is 3.82. The Labute approximate surface area is 169 Å². The van der Waals surface area contributed by atoms with Crippen LogP contribution in [-0.2, 0) is 11.3 Å². The van der Waals surface area contributed by atoms with Crippen molar-refractivity contribution in [3.63, 3.8) is 0 Å². The van der Waals surface area contributed by atoms with E-state index in [0.717, 1.165) is 22.9 Å². The van der Waals surface area contributed by atoms with Gasteiger partial charge in [-0.1, -0.05) is 62.2 Å². The lowest BCUT2D eigenvalue weighted by atomic mass is 9.86. The highest BCUT2D eigenvalue weighted by Crippen LogP contribution is 2.36. The zero-order chi connectivity index (χ0) is 20.3. The third-order valence-corrected chi connectivity index (χ3v) is 5.23. The number of carboxylic acids is 1. The Morgan fingerprint density at radius 3 is 2.43 bits per heavy atom. The minimum absolute atomic E-state index is 0.226. The molecule has 0 saturated heterocycles. The molecular weight excluding hydrogens is 374 g/mol. The maximum Gasteiger partial charge on any atom is 0.311 e. The van der Waals surface area contributed by atoms with E-state index in [-0.39, 0.29) is 5.56 Å². The van der Waals surface area contributed by atoms with Gasteiger partial charge in [-0.15, -0.1) is 0 Å². The van der Waals surface area contributed by atoms with E-state index < -0.39 is 11.9 Å². The highest BCUT2D eigenvalue weighted by atomic mass is 35.5. The fourth-order valence-corrected chi connectivity index (χ4v) is 3.99. The quantitative estimate of drug-likeness (QED) is 0.556. The minimum Gasteiger partial charge on any atom is -0.481 e. The number of carboxylic acid groups (broad SMARTS) is 1. The van der Waals surface area contributed by atoms with Gasteiger partial charge in [0.15, 0.2) is 0 Å². The molecule has 1 aromatic heterocycles. The van der Waals surface area contributed by atoms with Crippen LogP contribution >= 0.6 is 11.6 Å². The molecule has 0 fully saturated rings. The number of aliphatic carboxylic acids is 1. The lowest BCUT2D eigenvalue weighted by Crippen LogP contribution is -2.30. The highest BCUT2D eigenvalue weighted by Gasteiger charge is 2.29. The standard InChI is InChI=1S/C23H24ClNO3/c1-3-8-17(23(27)28)21-20(15-9-6-5-7-10-15)18-14-16(24)11-12-19(18)25(13-4-2)22(21)26/h5-7,9-12,14,17H,3-4,8,13H2,1-2H3,(H,27,28)/t17-/m0/s1. The number of aromatic nitrogens is 1. The normalized spacial score (nSPS) is 12.2. The van der Waals surface area contributed by atoms with Crippen LogP contribution in [0, 0.1) is 0 Å². The topological polar surface area (TPSA) is 59.3 Å². The summed E-state index contributed by atoms with van der Waals surface area (Å²) in [6.45, 7) is 4.46. The lowest BCUT2D eigenvalue weighted by molar-refractivity contribution is -0.139. The van der Waals surface area contributed by atoms with Crippen LogP contribution in [0.15, 0.2) is 53.3 Å². The molecule has 3 aromatic rings. The largest absolute Gasteiger partial charge is 0.481 e. The fraction of sp³-hybridized carbons (Fsp3) is 0.304. The molecule has 0 unspecified atom stereocenters. The van der Waals surface area contributed by atoms with Gasteiger partial charge >= 0.3 is 5.97 Å². The van der Waals surface area contributed by atoms with Gasteiger partial charge in [0, 0.05) is 28.1 Å². The van der Waals surface area contributed by atoms with Crippen LogP contribution in [0.4, 0.5) is 0 Å². The summed E-state index contributed by atoms with van der Waals surface area (Å²) in [4.78, 5) is 25.7. The Bertz CT molecular complexity index is 1060. The maximum absolute atomic E-state index is 13.5. The van der Waals surface area contributed by atoms with Crippen LogP contribution in [-0.4, -0.2) is 15.6 Å². The zero-order valence-electron chi connectivity index (χ0n) is 16.1. The van der Waals surface area contributed by atoms with Crippen molar-refractivity contribution in [1.82, 2.24) is 4.57 Å². The first-order valence-electron chi connectivity index (χ1n) is 9.63. The summed E-state index contributed by atoms with van der Waals surface area (Å²) >= 11 is 6.30. The van der Waals surface area contributed by atoms with Gasteiger partial charge in [-0.25, -0.2) is 0 Å². The van der Waals surface area contributed by atoms with Crippen LogP contribution in [0.3, 0.4) is 0 Å². The van der Waals surface area contributed by atoms with Crippen molar-refractivity contribution in [1.29, 1.82) is 0 Å². The molecule has 4 nitrogen and oxygen atoms in total. The Hall–Kier alpha value is -2.59. The van der Waals surface area contributed by atoms with Gasteiger partial charge in [0.25, 0.3) is 5.56 Å². The minimum atomic E-state index is -0.972. The molecule has 0 saturated carbocycles. The van der Waals surface area contributed by atoms with Gasteiger partial charge in [0.2, 0.25) is 0 Å². The summed E-state index contributed by atoms with van der Waals surface area (Å²) in [5.74, 6) is -1.83. The first-order valence-corrected chi connectivity index (χ1v) is 10.0. The van der Waals surface area contributed by atoms with Crippen LogP contribution in [0.25, 0.3) is 22.0 Å². The van der Waals surface area contributed by atoms with E-state index in [4.69, 9.17) is 11.6 Å². The van der Waals surface area contributed by atoms with E-state index in [1.54, 1.807) is 10.6 Å². The van der Waals surface area contributed by atoms with Gasteiger partial charge in [0.05, 0.1) is 11.4 Å². The van der Waals surface area contributed by atoms with E-state index >= 15 is 0 Å². The molecule has 0 aliphatic carbocycles. The number of hydrogen-bond donors (Lipinski definition) is 1. The molecule has 0 amide bonds. The van der Waals surface area contributed by atoms with Crippen LogP contribution < -0.4 is 5.56 Å².